The summed E-state index contributed by atoms with van der Waals surface area (Å²) in [5, 5.41) is 3.52. The first-order valence-corrected chi connectivity index (χ1v) is 8.34. The summed E-state index contributed by atoms with van der Waals surface area (Å²) < 4.78 is 4.94. The molecule has 0 saturated heterocycles. The summed E-state index contributed by atoms with van der Waals surface area (Å²) in [6.45, 7) is 7.73. The van der Waals surface area contributed by atoms with E-state index in [1.54, 1.807) is 0 Å². The van der Waals surface area contributed by atoms with E-state index in [1.165, 1.54) is 39.2 Å². The summed E-state index contributed by atoms with van der Waals surface area (Å²) in [4.78, 5) is 11.9. The Morgan fingerprint density at radius 3 is 2.45 bits per heavy atom. The van der Waals surface area contributed by atoms with Gasteiger partial charge in [-0.1, -0.05) is 46.5 Å². The van der Waals surface area contributed by atoms with Gasteiger partial charge in [-0.3, -0.25) is 4.79 Å². The third-order valence-corrected chi connectivity index (χ3v) is 4.56. The van der Waals surface area contributed by atoms with Crippen molar-refractivity contribution >= 4 is 5.97 Å². The number of rotatable bonds is 9. The van der Waals surface area contributed by atoms with Crippen LogP contribution in [0.15, 0.2) is 0 Å². The second kappa shape index (κ2) is 8.66. The average Bonchev–Trinajstić information content (AvgIpc) is 2.86. The normalized spacial score (nSPS) is 19.2. The fourth-order valence-electron chi connectivity index (χ4n) is 3.64. The topological polar surface area (TPSA) is 38.3 Å². The number of carbonyl (C=O) groups excluding carboxylic acids is 1. The lowest BCUT2D eigenvalue weighted by molar-refractivity contribution is -0.143. The molecule has 20 heavy (non-hydrogen) atoms. The molecule has 0 aliphatic heterocycles. The molecule has 1 fully saturated rings. The van der Waals surface area contributed by atoms with E-state index in [4.69, 9.17) is 4.74 Å². The molecule has 118 valence electrons. The molecule has 1 atom stereocenters. The highest BCUT2D eigenvalue weighted by atomic mass is 16.5. The molecule has 1 rings (SSSR count). The molecule has 0 aromatic rings. The van der Waals surface area contributed by atoms with Crippen LogP contribution in [-0.4, -0.2) is 25.7 Å². The van der Waals surface area contributed by atoms with Crippen LogP contribution in [0, 0.1) is 11.3 Å². The Bertz CT molecular complexity index is 283. The van der Waals surface area contributed by atoms with Crippen LogP contribution in [0.5, 0.6) is 0 Å². The zero-order valence-electron chi connectivity index (χ0n) is 13.8. The lowest BCUT2D eigenvalue weighted by Gasteiger charge is -2.33. The molecule has 1 N–H and O–H groups in total. The van der Waals surface area contributed by atoms with Gasteiger partial charge in [-0.15, -0.1) is 0 Å². The molecule has 0 aromatic carbocycles. The Labute approximate surface area is 124 Å². The third kappa shape index (κ3) is 5.43. The number of esters is 1. The molecule has 0 heterocycles. The van der Waals surface area contributed by atoms with E-state index in [0.29, 0.717) is 5.41 Å². The molecule has 1 unspecified atom stereocenters. The van der Waals surface area contributed by atoms with E-state index >= 15 is 0 Å². The van der Waals surface area contributed by atoms with Gasteiger partial charge in [0.05, 0.1) is 7.11 Å². The second-order valence-electron chi connectivity index (χ2n) is 6.90. The first-order chi connectivity index (χ1) is 9.53. The van der Waals surface area contributed by atoms with Gasteiger partial charge in [-0.05, 0) is 37.0 Å². The molecule has 1 saturated carbocycles. The third-order valence-electron chi connectivity index (χ3n) is 4.56. The van der Waals surface area contributed by atoms with Crippen LogP contribution < -0.4 is 5.32 Å². The quantitative estimate of drug-likeness (QED) is 0.652. The van der Waals surface area contributed by atoms with Gasteiger partial charge < -0.3 is 10.1 Å². The number of hydrogen-bond donors (Lipinski definition) is 1. The SMILES string of the molecule is CCCCC(NCC1(CC(C)C)CCCC1)C(=O)OC. The number of methoxy groups -OCH3 is 1. The van der Waals surface area contributed by atoms with E-state index in [2.05, 4.69) is 26.1 Å². The van der Waals surface area contributed by atoms with E-state index < -0.39 is 0 Å². The molecule has 3 nitrogen and oxygen atoms in total. The summed E-state index contributed by atoms with van der Waals surface area (Å²) in [6, 6.07) is -0.121. The van der Waals surface area contributed by atoms with Gasteiger partial charge in [0, 0.05) is 6.54 Å². The number of unbranched alkanes of at least 4 members (excludes halogenated alkanes) is 1. The summed E-state index contributed by atoms with van der Waals surface area (Å²) >= 11 is 0. The minimum Gasteiger partial charge on any atom is -0.468 e. The van der Waals surface area contributed by atoms with Crippen LogP contribution in [-0.2, 0) is 9.53 Å². The lowest BCUT2D eigenvalue weighted by Crippen LogP contribution is -2.43. The Morgan fingerprint density at radius 2 is 1.95 bits per heavy atom. The summed E-state index contributed by atoms with van der Waals surface area (Å²) in [5.74, 6) is 0.623. The number of carbonyl (C=O) groups is 1. The summed E-state index contributed by atoms with van der Waals surface area (Å²) in [7, 11) is 1.49. The van der Waals surface area contributed by atoms with Gasteiger partial charge in [0.25, 0.3) is 0 Å². The van der Waals surface area contributed by atoms with Crippen molar-refractivity contribution in [2.24, 2.45) is 11.3 Å². The standard InChI is InChI=1S/C17H33NO2/c1-5-6-9-15(16(19)20-4)18-13-17(12-14(2)3)10-7-8-11-17/h14-15,18H,5-13H2,1-4H3. The highest BCUT2D eigenvalue weighted by Gasteiger charge is 2.35. The van der Waals surface area contributed by atoms with Crippen molar-refractivity contribution in [1.82, 2.24) is 5.32 Å². The molecule has 1 aliphatic rings. The van der Waals surface area contributed by atoms with E-state index in [-0.39, 0.29) is 12.0 Å². The molecule has 3 heteroatoms. The Hall–Kier alpha value is -0.570. The maximum absolute atomic E-state index is 11.9. The predicted molar refractivity (Wildman–Crippen MR) is 83.7 cm³/mol. The lowest BCUT2D eigenvalue weighted by atomic mass is 9.78. The van der Waals surface area contributed by atoms with Crippen LogP contribution in [0.25, 0.3) is 0 Å². The van der Waals surface area contributed by atoms with Crippen molar-refractivity contribution in [3.8, 4) is 0 Å². The molecule has 0 bridgehead atoms. The van der Waals surface area contributed by atoms with Crippen LogP contribution in [0.1, 0.15) is 72.1 Å². The predicted octanol–water partition coefficient (Wildman–Crippen LogP) is 3.91. The average molecular weight is 283 g/mol. The minimum absolute atomic E-state index is 0.101. The zero-order chi connectivity index (χ0) is 15.0. The van der Waals surface area contributed by atoms with Crippen LogP contribution in [0.2, 0.25) is 0 Å². The summed E-state index contributed by atoms with van der Waals surface area (Å²) in [5.41, 5.74) is 0.409. The van der Waals surface area contributed by atoms with Gasteiger partial charge in [0.15, 0.2) is 0 Å². The van der Waals surface area contributed by atoms with Gasteiger partial charge in [-0.25, -0.2) is 0 Å². The number of nitrogens with one attached hydrogen (secondary N) is 1. The van der Waals surface area contributed by atoms with Crippen molar-refractivity contribution in [1.29, 1.82) is 0 Å². The van der Waals surface area contributed by atoms with Gasteiger partial charge in [0.1, 0.15) is 6.04 Å². The van der Waals surface area contributed by atoms with Crippen LogP contribution in [0.4, 0.5) is 0 Å². The van der Waals surface area contributed by atoms with Gasteiger partial charge in [0.2, 0.25) is 0 Å². The van der Waals surface area contributed by atoms with Gasteiger partial charge >= 0.3 is 5.97 Å². The number of hydrogen-bond acceptors (Lipinski definition) is 3. The largest absolute Gasteiger partial charge is 0.468 e. The Morgan fingerprint density at radius 1 is 1.30 bits per heavy atom. The number of ether oxygens (including phenoxy) is 1. The van der Waals surface area contributed by atoms with Crippen molar-refractivity contribution in [3.05, 3.63) is 0 Å². The van der Waals surface area contributed by atoms with E-state index in [0.717, 1.165) is 31.7 Å². The van der Waals surface area contributed by atoms with Crippen LogP contribution in [0.3, 0.4) is 0 Å². The molecule has 0 spiro atoms. The molecular formula is C17H33NO2. The maximum atomic E-state index is 11.9. The second-order valence-corrected chi connectivity index (χ2v) is 6.90. The molecule has 0 aromatic heterocycles. The van der Waals surface area contributed by atoms with E-state index in [9.17, 15) is 4.79 Å². The maximum Gasteiger partial charge on any atom is 0.322 e. The van der Waals surface area contributed by atoms with Crippen LogP contribution >= 0.6 is 0 Å². The van der Waals surface area contributed by atoms with Crippen molar-refractivity contribution in [2.75, 3.05) is 13.7 Å². The minimum atomic E-state index is -0.121. The molecule has 0 amide bonds. The zero-order valence-corrected chi connectivity index (χ0v) is 13.8. The Balaban J connectivity index is 2.56. The van der Waals surface area contributed by atoms with Gasteiger partial charge in [-0.2, -0.15) is 0 Å². The summed E-state index contributed by atoms with van der Waals surface area (Å²) in [6.07, 6.45) is 9.64. The van der Waals surface area contributed by atoms with Crippen molar-refractivity contribution < 1.29 is 9.53 Å². The highest BCUT2D eigenvalue weighted by molar-refractivity contribution is 5.75. The van der Waals surface area contributed by atoms with Crippen molar-refractivity contribution in [2.45, 2.75) is 78.2 Å². The first kappa shape index (κ1) is 17.5. The molecule has 1 aliphatic carbocycles. The Kier molecular flexibility index (Phi) is 7.57. The fourth-order valence-corrected chi connectivity index (χ4v) is 3.64. The van der Waals surface area contributed by atoms with Crippen molar-refractivity contribution in [3.63, 3.8) is 0 Å². The fraction of sp³-hybridized carbons (Fsp3) is 0.941. The monoisotopic (exact) mass is 283 g/mol. The molecular weight excluding hydrogens is 250 g/mol. The highest BCUT2D eigenvalue weighted by Crippen LogP contribution is 2.42. The van der Waals surface area contributed by atoms with E-state index in [1.807, 2.05) is 0 Å². The molecule has 0 radical (unpaired) electrons. The smallest absolute Gasteiger partial charge is 0.322 e. The first-order valence-electron chi connectivity index (χ1n) is 8.34.